The van der Waals surface area contributed by atoms with Crippen molar-refractivity contribution in [1.82, 2.24) is 0 Å². The maximum absolute atomic E-state index is 2.32. The van der Waals surface area contributed by atoms with Crippen molar-refractivity contribution in [1.29, 1.82) is 0 Å². The molecule has 0 radical (unpaired) electrons. The smallest absolute Gasteiger partial charge is 0.0297 e. The van der Waals surface area contributed by atoms with Crippen molar-refractivity contribution >= 4 is 0 Å². The van der Waals surface area contributed by atoms with Gasteiger partial charge in [0.15, 0.2) is 0 Å². The first-order chi connectivity index (χ1) is 36.7. The second-order valence-corrected chi connectivity index (χ2v) is 24.0. The molecule has 0 spiro atoms. The quantitative estimate of drug-likeness (QED) is 0.0533. The zero-order valence-corrected chi connectivity index (χ0v) is 55.4. The number of hydrogen-bond acceptors (Lipinski definition) is 0. The minimum absolute atomic E-state index is 0.758. The zero-order valence-electron chi connectivity index (χ0n) is 55.4. The minimum atomic E-state index is 0.758. The molecule has 2 aliphatic rings. The van der Waals surface area contributed by atoms with Gasteiger partial charge < -0.3 is 0 Å². The highest BCUT2D eigenvalue weighted by Crippen LogP contribution is 2.46. The van der Waals surface area contributed by atoms with Gasteiger partial charge in [-0.2, -0.15) is 0 Å². The standard InChI is InChI=1S/C36H72.C30H60.4C2H6/c1-3-5-7-9-11-13-15-17-19-21-23-25-28-32-36(34-30-27-31-35-36)33-29-26-24-22-20-18-16-14-12-10-8-6-4-2;1-3-5-7-9-11-13-15-17-19-22-26-30(28-24-21-25-29-30)27-23-20-18-16-14-12-10-8-6-4-2;4*1-2/h3-35H2,1-2H3;3-29H2,1-2H3;4*1-2H3. The zero-order chi connectivity index (χ0) is 55.4. The third-order valence-electron chi connectivity index (χ3n) is 17.6. The second-order valence-electron chi connectivity index (χ2n) is 24.0. The molecule has 2 aliphatic carbocycles. The van der Waals surface area contributed by atoms with Crippen molar-refractivity contribution in [3.05, 3.63) is 0 Å². The summed E-state index contributed by atoms with van der Waals surface area (Å²) in [6, 6.07) is 0. The summed E-state index contributed by atoms with van der Waals surface area (Å²) in [5, 5.41) is 0. The van der Waals surface area contributed by atoms with Crippen LogP contribution in [0.2, 0.25) is 0 Å². The van der Waals surface area contributed by atoms with Crippen molar-refractivity contribution in [3.63, 3.8) is 0 Å². The van der Waals surface area contributed by atoms with Crippen molar-refractivity contribution in [2.45, 2.75) is 468 Å². The molecule has 0 amide bonds. The summed E-state index contributed by atoms with van der Waals surface area (Å²) in [5.41, 5.74) is 1.52. The van der Waals surface area contributed by atoms with Crippen LogP contribution >= 0.6 is 0 Å². The van der Waals surface area contributed by atoms with Crippen molar-refractivity contribution in [2.24, 2.45) is 10.8 Å². The van der Waals surface area contributed by atoms with Crippen LogP contribution < -0.4 is 0 Å². The summed E-state index contributed by atoms with van der Waals surface area (Å²) >= 11 is 0. The first kappa shape index (κ1) is 80.5. The maximum atomic E-state index is 2.32. The van der Waals surface area contributed by atoms with E-state index in [1.807, 2.05) is 55.4 Å². The lowest BCUT2D eigenvalue weighted by molar-refractivity contribution is 0.146. The second kappa shape index (κ2) is 73.0. The van der Waals surface area contributed by atoms with Gasteiger partial charge in [0.1, 0.15) is 0 Å². The van der Waals surface area contributed by atoms with Crippen LogP contribution in [0.1, 0.15) is 468 Å². The maximum Gasteiger partial charge on any atom is -0.0297 e. The van der Waals surface area contributed by atoms with E-state index in [0.29, 0.717) is 0 Å². The Hall–Kier alpha value is 0. The highest BCUT2D eigenvalue weighted by Gasteiger charge is 2.31. The molecule has 2 fully saturated rings. The average molecular weight is 1050 g/mol. The number of hydrogen-bond donors (Lipinski definition) is 0. The van der Waals surface area contributed by atoms with Crippen LogP contribution in [0.15, 0.2) is 0 Å². The van der Waals surface area contributed by atoms with E-state index >= 15 is 0 Å². The van der Waals surface area contributed by atoms with Gasteiger partial charge >= 0.3 is 0 Å². The summed E-state index contributed by atoms with van der Waals surface area (Å²) in [5.74, 6) is 0. The first-order valence-electron chi connectivity index (χ1n) is 36.7. The van der Waals surface area contributed by atoms with Gasteiger partial charge in [-0.15, -0.1) is 0 Å². The Balaban J connectivity index is -0.000000590. The molecule has 0 aromatic carbocycles. The van der Waals surface area contributed by atoms with Crippen LogP contribution in [0.4, 0.5) is 0 Å². The van der Waals surface area contributed by atoms with Gasteiger partial charge in [0.2, 0.25) is 0 Å². The van der Waals surface area contributed by atoms with E-state index in [9.17, 15) is 0 Å². The van der Waals surface area contributed by atoms with Gasteiger partial charge in [-0.05, 0) is 62.2 Å². The monoisotopic (exact) mass is 1050 g/mol. The Morgan fingerprint density at radius 2 is 0.284 bits per heavy atom. The molecule has 0 aromatic heterocycles. The highest BCUT2D eigenvalue weighted by molar-refractivity contribution is 4.84. The predicted octanol–water partition coefficient (Wildman–Crippen LogP) is 29.6. The van der Waals surface area contributed by atoms with E-state index in [-0.39, 0.29) is 0 Å². The van der Waals surface area contributed by atoms with Crippen LogP contribution in [-0.2, 0) is 0 Å². The van der Waals surface area contributed by atoms with Crippen LogP contribution in [0.3, 0.4) is 0 Å². The average Bonchev–Trinajstić information content (AvgIpc) is 3.45. The first-order valence-corrected chi connectivity index (χ1v) is 36.7. The van der Waals surface area contributed by atoms with Gasteiger partial charge in [-0.25, -0.2) is 0 Å². The van der Waals surface area contributed by atoms with E-state index in [4.69, 9.17) is 0 Å². The summed E-state index contributed by atoms with van der Waals surface area (Å²) in [4.78, 5) is 0. The minimum Gasteiger partial charge on any atom is -0.0683 e. The van der Waals surface area contributed by atoms with E-state index in [0.717, 1.165) is 10.8 Å². The molecule has 0 bridgehead atoms. The lowest BCUT2D eigenvalue weighted by atomic mass is 9.68. The lowest BCUT2D eigenvalue weighted by Crippen LogP contribution is -2.24. The predicted molar refractivity (Wildman–Crippen MR) is 350 cm³/mol. The molecular weight excluding hydrogens is 889 g/mol. The number of rotatable bonds is 50. The lowest BCUT2D eigenvalue weighted by Gasteiger charge is -2.38. The molecule has 0 aromatic rings. The Labute approximate surface area is 476 Å². The van der Waals surface area contributed by atoms with Gasteiger partial charge in [-0.3, -0.25) is 0 Å². The van der Waals surface area contributed by atoms with Crippen molar-refractivity contribution in [3.8, 4) is 0 Å². The highest BCUT2D eigenvalue weighted by atomic mass is 14.4. The van der Waals surface area contributed by atoms with Gasteiger partial charge in [0, 0.05) is 0 Å². The Bertz CT molecular complexity index is 814. The van der Waals surface area contributed by atoms with Gasteiger partial charge in [-0.1, -0.05) is 417 Å². The van der Waals surface area contributed by atoms with Crippen molar-refractivity contribution < 1.29 is 0 Å². The van der Waals surface area contributed by atoms with E-state index in [1.165, 1.54) is 334 Å². The molecular formula is C74H156. The fourth-order valence-electron chi connectivity index (χ4n) is 12.9. The Morgan fingerprint density at radius 1 is 0.162 bits per heavy atom. The van der Waals surface area contributed by atoms with Crippen LogP contribution in [0.5, 0.6) is 0 Å². The SMILES string of the molecule is CC.CC.CC.CC.CCCCCCCCCCCCC1(CCCCCCCCCCCC)CCCCC1.CCCCCCCCCCCCCCCC1(CCCCCCCCCCCCCCC)CCCCC1. The fraction of sp³-hybridized carbons (Fsp3) is 1.00. The molecule has 0 heteroatoms. The van der Waals surface area contributed by atoms with Crippen LogP contribution in [0.25, 0.3) is 0 Å². The summed E-state index contributed by atoms with van der Waals surface area (Å²) in [7, 11) is 0. The molecule has 74 heavy (non-hydrogen) atoms. The molecule has 0 heterocycles. The van der Waals surface area contributed by atoms with E-state index in [1.54, 1.807) is 51.4 Å². The molecule has 0 nitrogen and oxygen atoms in total. The van der Waals surface area contributed by atoms with Gasteiger partial charge in [0.25, 0.3) is 0 Å². The molecule has 0 saturated heterocycles. The van der Waals surface area contributed by atoms with E-state index in [2.05, 4.69) is 27.7 Å². The Kier molecular flexibility index (Phi) is 79.4. The molecule has 452 valence electrons. The summed E-state index contributed by atoms with van der Waals surface area (Å²) in [6.07, 6.45) is 89.7. The topological polar surface area (TPSA) is 0 Å². The number of unbranched alkanes of at least 4 members (excludes halogenated alkanes) is 42. The Morgan fingerprint density at radius 3 is 0.419 bits per heavy atom. The molecule has 0 unspecified atom stereocenters. The summed E-state index contributed by atoms with van der Waals surface area (Å²) < 4.78 is 0. The normalized spacial score (nSPS) is 14.4. The molecule has 0 N–H and O–H groups in total. The molecule has 0 aliphatic heterocycles. The third-order valence-corrected chi connectivity index (χ3v) is 17.6. The van der Waals surface area contributed by atoms with E-state index < -0.39 is 0 Å². The van der Waals surface area contributed by atoms with Crippen LogP contribution in [0, 0.1) is 10.8 Å². The largest absolute Gasteiger partial charge is 0.0683 e. The fourth-order valence-corrected chi connectivity index (χ4v) is 12.9. The molecule has 2 rings (SSSR count). The third kappa shape index (κ3) is 59.7. The van der Waals surface area contributed by atoms with Crippen LogP contribution in [-0.4, -0.2) is 0 Å². The van der Waals surface area contributed by atoms with Gasteiger partial charge in [0.05, 0.1) is 0 Å². The molecule has 2 saturated carbocycles. The van der Waals surface area contributed by atoms with Crippen molar-refractivity contribution in [2.75, 3.05) is 0 Å². The molecule has 0 atom stereocenters. The summed E-state index contributed by atoms with van der Waals surface area (Å²) in [6.45, 7) is 25.3.